The van der Waals surface area contributed by atoms with Crippen LogP contribution in [0, 0.1) is 20.8 Å². The molecule has 6 heteroatoms. The van der Waals surface area contributed by atoms with Gasteiger partial charge in [0.2, 0.25) is 0 Å². The molecule has 0 saturated heterocycles. The van der Waals surface area contributed by atoms with Crippen LogP contribution in [0.5, 0.6) is 0 Å². The zero-order valence-electron chi connectivity index (χ0n) is 12.0. The number of fused-ring (bicyclic) bond motifs is 1. The summed E-state index contributed by atoms with van der Waals surface area (Å²) in [6.07, 6.45) is 1.58. The number of nitrogens with one attached hydrogen (secondary N) is 1. The molecule has 0 radical (unpaired) electrons. The molecule has 0 spiro atoms. The molecular weight excluding hydrogens is 270 g/mol. The van der Waals surface area contributed by atoms with Gasteiger partial charge in [0.25, 0.3) is 0 Å². The highest BCUT2D eigenvalue weighted by Crippen LogP contribution is 2.27. The number of thiazole rings is 1. The van der Waals surface area contributed by atoms with Crippen molar-refractivity contribution < 1.29 is 0 Å². The van der Waals surface area contributed by atoms with Gasteiger partial charge in [0, 0.05) is 4.88 Å². The lowest BCUT2D eigenvalue weighted by molar-refractivity contribution is 0.849. The van der Waals surface area contributed by atoms with Gasteiger partial charge < -0.3 is 5.32 Å². The first-order chi connectivity index (χ1) is 9.54. The molecule has 0 saturated carbocycles. The molecule has 0 bridgehead atoms. The molecule has 1 N–H and O–H groups in total. The van der Waals surface area contributed by atoms with E-state index in [-0.39, 0.29) is 6.04 Å². The van der Waals surface area contributed by atoms with Crippen molar-refractivity contribution in [2.75, 3.05) is 5.32 Å². The lowest BCUT2D eigenvalue weighted by atomic mass is 10.2. The molecule has 3 aromatic rings. The fourth-order valence-corrected chi connectivity index (χ4v) is 3.33. The molecule has 104 valence electrons. The zero-order chi connectivity index (χ0) is 14.3. The topological polar surface area (TPSA) is 55.1 Å². The summed E-state index contributed by atoms with van der Waals surface area (Å²) in [6.45, 7) is 8.30. The second kappa shape index (κ2) is 4.86. The molecule has 3 heterocycles. The van der Waals surface area contributed by atoms with Gasteiger partial charge in [-0.15, -0.1) is 11.3 Å². The molecular formula is C14H17N5S. The number of hydrogen-bond acceptors (Lipinski definition) is 5. The maximum absolute atomic E-state index is 4.49. The predicted octanol–water partition coefficient (Wildman–Crippen LogP) is 3.28. The molecule has 3 rings (SSSR count). The highest BCUT2D eigenvalue weighted by Gasteiger charge is 2.14. The fourth-order valence-electron chi connectivity index (χ4n) is 2.40. The highest BCUT2D eigenvalue weighted by molar-refractivity contribution is 7.11. The van der Waals surface area contributed by atoms with Gasteiger partial charge in [0.15, 0.2) is 5.65 Å². The number of aryl methyl sites for hydroxylation is 3. The Morgan fingerprint density at radius 1 is 1.25 bits per heavy atom. The number of aromatic nitrogens is 4. The van der Waals surface area contributed by atoms with Crippen LogP contribution in [0.1, 0.15) is 34.1 Å². The Hall–Kier alpha value is -1.95. The van der Waals surface area contributed by atoms with Crippen LogP contribution in [0.15, 0.2) is 18.5 Å². The number of pyridine rings is 1. The first-order valence-electron chi connectivity index (χ1n) is 6.55. The van der Waals surface area contributed by atoms with Gasteiger partial charge in [-0.1, -0.05) is 0 Å². The van der Waals surface area contributed by atoms with Gasteiger partial charge in [-0.3, -0.25) is 0 Å². The quantitative estimate of drug-likeness (QED) is 0.803. The molecule has 0 fully saturated rings. The summed E-state index contributed by atoms with van der Waals surface area (Å²) >= 11 is 1.73. The minimum absolute atomic E-state index is 0.190. The van der Waals surface area contributed by atoms with Crippen LogP contribution >= 0.6 is 11.3 Å². The van der Waals surface area contributed by atoms with E-state index in [0.29, 0.717) is 0 Å². The van der Waals surface area contributed by atoms with Gasteiger partial charge >= 0.3 is 0 Å². The maximum Gasteiger partial charge on any atom is 0.157 e. The van der Waals surface area contributed by atoms with Crippen LogP contribution < -0.4 is 5.32 Å². The molecule has 20 heavy (non-hydrogen) atoms. The Morgan fingerprint density at radius 3 is 2.75 bits per heavy atom. The molecule has 3 aromatic heterocycles. The third kappa shape index (κ3) is 2.27. The summed E-state index contributed by atoms with van der Waals surface area (Å²) in [5.41, 5.74) is 3.12. The molecule has 0 aliphatic rings. The van der Waals surface area contributed by atoms with Crippen LogP contribution in [0.3, 0.4) is 0 Å². The maximum atomic E-state index is 4.49. The molecule has 0 amide bonds. The number of rotatable bonds is 3. The third-order valence-electron chi connectivity index (χ3n) is 3.22. The molecule has 0 aliphatic carbocycles. The lowest BCUT2D eigenvalue weighted by Crippen LogP contribution is -2.10. The minimum atomic E-state index is 0.190. The average Bonchev–Trinajstić information content (AvgIpc) is 2.95. The Kier molecular flexibility index (Phi) is 3.17. The van der Waals surface area contributed by atoms with E-state index in [2.05, 4.69) is 47.2 Å². The Morgan fingerprint density at radius 2 is 2.05 bits per heavy atom. The molecule has 0 aliphatic heterocycles. The third-order valence-corrected chi connectivity index (χ3v) is 4.48. The van der Waals surface area contributed by atoms with Crippen molar-refractivity contribution in [3.63, 3.8) is 0 Å². The van der Waals surface area contributed by atoms with Crippen molar-refractivity contribution in [3.8, 4) is 0 Å². The molecule has 1 unspecified atom stereocenters. The van der Waals surface area contributed by atoms with Crippen LogP contribution in [0.25, 0.3) is 5.65 Å². The summed E-state index contributed by atoms with van der Waals surface area (Å²) in [4.78, 5) is 9.99. The van der Waals surface area contributed by atoms with Crippen LogP contribution in [-0.2, 0) is 0 Å². The van der Waals surface area contributed by atoms with Crippen molar-refractivity contribution in [1.82, 2.24) is 19.6 Å². The summed E-state index contributed by atoms with van der Waals surface area (Å²) in [5, 5.41) is 8.88. The summed E-state index contributed by atoms with van der Waals surface area (Å²) in [5.74, 6) is 0.954. The average molecular weight is 287 g/mol. The van der Waals surface area contributed by atoms with E-state index in [0.717, 1.165) is 27.7 Å². The van der Waals surface area contributed by atoms with Crippen LogP contribution in [0.4, 0.5) is 5.82 Å². The minimum Gasteiger partial charge on any atom is -0.363 e. The van der Waals surface area contributed by atoms with Crippen molar-refractivity contribution in [2.45, 2.75) is 33.7 Å². The Labute approximate surface area is 121 Å². The smallest absolute Gasteiger partial charge is 0.157 e. The standard InChI is InChI=1S/C14H17N5S/c1-8-5-12-15-7-16-19(12)13(6-8)18-10(3)14-9(2)17-11(4)20-14/h5-7,10,18H,1-4H3. The first-order valence-corrected chi connectivity index (χ1v) is 7.37. The number of hydrogen-bond donors (Lipinski definition) is 1. The van der Waals surface area contributed by atoms with E-state index in [9.17, 15) is 0 Å². The summed E-state index contributed by atoms with van der Waals surface area (Å²) < 4.78 is 1.83. The fraction of sp³-hybridized carbons (Fsp3) is 0.357. The number of anilines is 1. The summed E-state index contributed by atoms with van der Waals surface area (Å²) in [6, 6.07) is 4.29. The van der Waals surface area contributed by atoms with Crippen LogP contribution in [0.2, 0.25) is 0 Å². The molecule has 1 atom stereocenters. The largest absolute Gasteiger partial charge is 0.363 e. The number of nitrogens with zero attached hydrogens (tertiary/aromatic N) is 4. The lowest BCUT2D eigenvalue weighted by Gasteiger charge is -2.15. The monoisotopic (exact) mass is 287 g/mol. The van der Waals surface area contributed by atoms with Crippen LogP contribution in [-0.4, -0.2) is 19.6 Å². The molecule has 5 nitrogen and oxygen atoms in total. The molecule has 0 aromatic carbocycles. The Bertz CT molecular complexity index is 758. The van der Waals surface area contributed by atoms with Crippen molar-refractivity contribution in [2.24, 2.45) is 0 Å². The van der Waals surface area contributed by atoms with Crippen molar-refractivity contribution in [1.29, 1.82) is 0 Å². The predicted molar refractivity (Wildman–Crippen MR) is 81.3 cm³/mol. The SMILES string of the molecule is Cc1cc(NC(C)c2sc(C)nc2C)n2ncnc2c1. The van der Waals surface area contributed by atoms with E-state index in [4.69, 9.17) is 0 Å². The van der Waals surface area contributed by atoms with E-state index in [1.807, 2.05) is 17.5 Å². The van der Waals surface area contributed by atoms with Gasteiger partial charge in [-0.25, -0.2) is 9.97 Å². The second-order valence-corrected chi connectivity index (χ2v) is 6.23. The van der Waals surface area contributed by atoms with Gasteiger partial charge in [-0.2, -0.15) is 9.61 Å². The van der Waals surface area contributed by atoms with E-state index in [1.165, 1.54) is 4.88 Å². The van der Waals surface area contributed by atoms with Gasteiger partial charge in [0.05, 0.1) is 16.7 Å². The van der Waals surface area contributed by atoms with Crippen molar-refractivity contribution in [3.05, 3.63) is 39.6 Å². The summed E-state index contributed by atoms with van der Waals surface area (Å²) in [7, 11) is 0. The normalized spacial score (nSPS) is 12.8. The zero-order valence-corrected chi connectivity index (χ0v) is 12.8. The van der Waals surface area contributed by atoms with E-state index in [1.54, 1.807) is 17.7 Å². The Balaban J connectivity index is 1.96. The first kappa shape index (κ1) is 13.1. The van der Waals surface area contributed by atoms with E-state index >= 15 is 0 Å². The van der Waals surface area contributed by atoms with Gasteiger partial charge in [0.1, 0.15) is 12.1 Å². The van der Waals surface area contributed by atoms with Gasteiger partial charge in [-0.05, 0) is 45.4 Å². The second-order valence-electron chi connectivity index (χ2n) is 5.00. The highest BCUT2D eigenvalue weighted by atomic mass is 32.1. The van der Waals surface area contributed by atoms with Crippen molar-refractivity contribution >= 4 is 22.8 Å². The van der Waals surface area contributed by atoms with E-state index < -0.39 is 0 Å².